The van der Waals surface area contributed by atoms with Crippen molar-refractivity contribution in [2.75, 3.05) is 46.2 Å². The summed E-state index contributed by atoms with van der Waals surface area (Å²) in [6.45, 7) is 20.5. The second-order valence-electron chi connectivity index (χ2n) is 4.45. The van der Waals surface area contributed by atoms with E-state index in [-0.39, 0.29) is 0 Å². The predicted molar refractivity (Wildman–Crippen MR) is 113 cm³/mol. The first kappa shape index (κ1) is 29.7. The van der Waals surface area contributed by atoms with Gasteiger partial charge in [-0.1, -0.05) is 66.7 Å². The Balaban J connectivity index is -0.000000795. The standard InChI is InChI=1S/C16H26O4.3C2H6/c1-3-8-17-9-10-18-11-12-19-13-14-20-16-7-5-4-6-15(16)2;3*1-2/h4-7H,3,8-14H2,1-2H3;3*1-2H3. The summed E-state index contributed by atoms with van der Waals surface area (Å²) in [4.78, 5) is 0. The van der Waals surface area contributed by atoms with Crippen molar-refractivity contribution in [2.24, 2.45) is 0 Å². The van der Waals surface area contributed by atoms with Gasteiger partial charge in [-0.2, -0.15) is 0 Å². The highest BCUT2D eigenvalue weighted by molar-refractivity contribution is 5.31. The van der Waals surface area contributed by atoms with Gasteiger partial charge in [0.15, 0.2) is 0 Å². The second-order valence-corrected chi connectivity index (χ2v) is 4.45. The van der Waals surface area contributed by atoms with Gasteiger partial charge in [-0.05, 0) is 25.0 Å². The Hall–Kier alpha value is -1.10. The fourth-order valence-electron chi connectivity index (χ4n) is 1.62. The molecule has 0 atom stereocenters. The molecule has 0 saturated heterocycles. The summed E-state index contributed by atoms with van der Waals surface area (Å²) >= 11 is 0. The van der Waals surface area contributed by atoms with Crippen LogP contribution >= 0.6 is 0 Å². The van der Waals surface area contributed by atoms with E-state index in [2.05, 4.69) is 6.92 Å². The highest BCUT2D eigenvalue weighted by Gasteiger charge is 1.97. The molecule has 26 heavy (non-hydrogen) atoms. The molecule has 1 rings (SSSR count). The average Bonchev–Trinajstić information content (AvgIpc) is 2.72. The molecule has 0 bridgehead atoms. The summed E-state index contributed by atoms with van der Waals surface area (Å²) in [5.41, 5.74) is 1.14. The topological polar surface area (TPSA) is 36.9 Å². The minimum Gasteiger partial charge on any atom is -0.491 e. The normalized spacial score (nSPS) is 8.92. The van der Waals surface area contributed by atoms with Crippen LogP contribution in [0.1, 0.15) is 60.5 Å². The van der Waals surface area contributed by atoms with Crippen LogP contribution in [0.4, 0.5) is 0 Å². The maximum Gasteiger partial charge on any atom is 0.122 e. The van der Waals surface area contributed by atoms with Gasteiger partial charge >= 0.3 is 0 Å². The van der Waals surface area contributed by atoms with E-state index in [1.807, 2.05) is 72.7 Å². The molecule has 156 valence electrons. The molecule has 0 aromatic heterocycles. The number of rotatable bonds is 12. The lowest BCUT2D eigenvalue weighted by Crippen LogP contribution is -2.13. The van der Waals surface area contributed by atoms with Gasteiger partial charge < -0.3 is 18.9 Å². The van der Waals surface area contributed by atoms with E-state index in [4.69, 9.17) is 18.9 Å². The number of benzene rings is 1. The number of para-hydroxylation sites is 1. The monoisotopic (exact) mass is 372 g/mol. The molecular formula is C22H44O4. The zero-order valence-electron chi connectivity index (χ0n) is 18.6. The highest BCUT2D eigenvalue weighted by Crippen LogP contribution is 2.15. The van der Waals surface area contributed by atoms with Gasteiger partial charge in [0, 0.05) is 6.61 Å². The van der Waals surface area contributed by atoms with Crippen molar-refractivity contribution >= 4 is 0 Å². The van der Waals surface area contributed by atoms with Crippen molar-refractivity contribution < 1.29 is 18.9 Å². The molecular weight excluding hydrogens is 328 g/mol. The van der Waals surface area contributed by atoms with Crippen molar-refractivity contribution in [1.29, 1.82) is 0 Å². The van der Waals surface area contributed by atoms with E-state index in [0.717, 1.165) is 24.3 Å². The molecule has 0 heterocycles. The third-order valence-electron chi connectivity index (χ3n) is 2.67. The van der Waals surface area contributed by atoms with Gasteiger partial charge in [-0.15, -0.1) is 0 Å². The maximum absolute atomic E-state index is 5.62. The van der Waals surface area contributed by atoms with Crippen LogP contribution in [-0.2, 0) is 14.2 Å². The predicted octanol–water partition coefficient (Wildman–Crippen LogP) is 5.91. The maximum atomic E-state index is 5.62. The van der Waals surface area contributed by atoms with E-state index in [1.165, 1.54) is 0 Å². The van der Waals surface area contributed by atoms with Gasteiger partial charge in [0.25, 0.3) is 0 Å². The van der Waals surface area contributed by atoms with Crippen molar-refractivity contribution in [3.63, 3.8) is 0 Å². The molecule has 0 N–H and O–H groups in total. The summed E-state index contributed by atoms with van der Waals surface area (Å²) < 4.78 is 21.7. The summed E-state index contributed by atoms with van der Waals surface area (Å²) in [5, 5.41) is 0. The van der Waals surface area contributed by atoms with E-state index in [1.54, 1.807) is 0 Å². The Morgan fingerprint density at radius 3 is 1.50 bits per heavy atom. The second kappa shape index (κ2) is 28.7. The fraction of sp³-hybridized carbons (Fsp3) is 0.727. The lowest BCUT2D eigenvalue weighted by Gasteiger charge is -2.09. The molecule has 1 aromatic rings. The quantitative estimate of drug-likeness (QED) is 0.427. The zero-order valence-corrected chi connectivity index (χ0v) is 18.6. The Morgan fingerprint density at radius 2 is 1.04 bits per heavy atom. The number of aryl methyl sites for hydroxylation is 1. The van der Waals surface area contributed by atoms with Crippen LogP contribution in [0.3, 0.4) is 0 Å². The largest absolute Gasteiger partial charge is 0.491 e. The molecule has 0 aliphatic rings. The van der Waals surface area contributed by atoms with Crippen LogP contribution in [-0.4, -0.2) is 46.2 Å². The first-order valence-corrected chi connectivity index (χ1v) is 10.3. The van der Waals surface area contributed by atoms with Crippen molar-refractivity contribution in [3.8, 4) is 5.75 Å². The molecule has 4 nitrogen and oxygen atoms in total. The van der Waals surface area contributed by atoms with Gasteiger partial charge in [-0.3, -0.25) is 0 Å². The van der Waals surface area contributed by atoms with Crippen LogP contribution in [0.5, 0.6) is 5.75 Å². The minimum absolute atomic E-state index is 0.560. The summed E-state index contributed by atoms with van der Waals surface area (Å²) in [5.74, 6) is 0.917. The lowest BCUT2D eigenvalue weighted by molar-refractivity contribution is 0.00942. The van der Waals surface area contributed by atoms with Crippen LogP contribution < -0.4 is 4.74 Å². The van der Waals surface area contributed by atoms with Gasteiger partial charge in [-0.25, -0.2) is 0 Å². The zero-order chi connectivity index (χ0) is 20.5. The van der Waals surface area contributed by atoms with Crippen molar-refractivity contribution in [1.82, 2.24) is 0 Å². The van der Waals surface area contributed by atoms with Crippen LogP contribution in [0, 0.1) is 6.92 Å². The van der Waals surface area contributed by atoms with E-state index < -0.39 is 0 Å². The summed E-state index contributed by atoms with van der Waals surface area (Å²) in [6.07, 6.45) is 1.05. The third-order valence-corrected chi connectivity index (χ3v) is 2.67. The van der Waals surface area contributed by atoms with Gasteiger partial charge in [0.2, 0.25) is 0 Å². The molecule has 0 aliphatic heterocycles. The SMILES string of the molecule is CC.CC.CC.CCCOCCOCCOCCOc1ccccc1C. The molecule has 4 heteroatoms. The Morgan fingerprint density at radius 1 is 0.615 bits per heavy atom. The Bertz CT molecular complexity index is 343. The number of hydrogen-bond acceptors (Lipinski definition) is 4. The van der Waals surface area contributed by atoms with E-state index in [9.17, 15) is 0 Å². The van der Waals surface area contributed by atoms with Crippen LogP contribution in [0.25, 0.3) is 0 Å². The fourth-order valence-corrected chi connectivity index (χ4v) is 1.62. The van der Waals surface area contributed by atoms with E-state index >= 15 is 0 Å². The molecule has 0 radical (unpaired) electrons. The van der Waals surface area contributed by atoms with Gasteiger partial charge in [0.05, 0.1) is 33.0 Å². The van der Waals surface area contributed by atoms with Crippen molar-refractivity contribution in [2.45, 2.75) is 61.8 Å². The first-order valence-electron chi connectivity index (χ1n) is 10.3. The van der Waals surface area contributed by atoms with Crippen LogP contribution in [0.15, 0.2) is 24.3 Å². The summed E-state index contributed by atoms with van der Waals surface area (Å²) in [7, 11) is 0. The highest BCUT2D eigenvalue weighted by atomic mass is 16.6. The third kappa shape index (κ3) is 20.9. The Kier molecular flexibility index (Phi) is 32.7. The summed E-state index contributed by atoms with van der Waals surface area (Å²) in [6, 6.07) is 7.97. The first-order chi connectivity index (χ1) is 12.8. The molecule has 0 fully saturated rings. The molecule has 0 saturated carbocycles. The van der Waals surface area contributed by atoms with Crippen molar-refractivity contribution in [3.05, 3.63) is 29.8 Å². The number of ether oxygens (including phenoxy) is 4. The smallest absolute Gasteiger partial charge is 0.122 e. The number of hydrogen-bond donors (Lipinski definition) is 0. The molecule has 0 spiro atoms. The Labute approximate surface area is 163 Å². The minimum atomic E-state index is 0.560. The van der Waals surface area contributed by atoms with Gasteiger partial charge in [0.1, 0.15) is 12.4 Å². The molecule has 0 unspecified atom stereocenters. The molecule has 0 aliphatic carbocycles. The van der Waals surface area contributed by atoms with E-state index in [0.29, 0.717) is 39.6 Å². The molecule has 0 amide bonds. The molecule has 1 aromatic carbocycles. The average molecular weight is 373 g/mol. The van der Waals surface area contributed by atoms with Crippen LogP contribution in [0.2, 0.25) is 0 Å². The lowest BCUT2D eigenvalue weighted by atomic mass is 10.2.